The maximum absolute atomic E-state index is 5.55. The molecule has 0 spiro atoms. The lowest BCUT2D eigenvalue weighted by atomic mass is 9.91. The van der Waals surface area contributed by atoms with Gasteiger partial charge in [-0.1, -0.05) is 19.9 Å². The van der Waals surface area contributed by atoms with Gasteiger partial charge >= 0.3 is 0 Å². The second-order valence-electron chi connectivity index (χ2n) is 3.60. The lowest BCUT2D eigenvalue weighted by Crippen LogP contribution is -2.15. The molecule has 0 aromatic rings. The first-order chi connectivity index (χ1) is 6.24. The number of allylic oxidation sites excluding steroid dienone is 3. The van der Waals surface area contributed by atoms with Gasteiger partial charge in [-0.2, -0.15) is 0 Å². The fourth-order valence-electron chi connectivity index (χ4n) is 1.26. The van der Waals surface area contributed by atoms with Crippen LogP contribution in [0.3, 0.4) is 0 Å². The van der Waals surface area contributed by atoms with Gasteiger partial charge in [-0.25, -0.2) is 0 Å². The van der Waals surface area contributed by atoms with Crippen LogP contribution in [0.25, 0.3) is 0 Å². The van der Waals surface area contributed by atoms with E-state index in [1.165, 1.54) is 0 Å². The van der Waals surface area contributed by atoms with E-state index < -0.39 is 0 Å². The standard InChI is InChI=1S/C11H19NO/c1-9-4-5-11(8-10(9)2)13-7-6-12-3/h4-5,8-10,12H,6-7H2,1-3H3/t9-,10+/m0/s1. The molecule has 0 unspecified atom stereocenters. The van der Waals surface area contributed by atoms with Gasteiger partial charge in [-0.15, -0.1) is 0 Å². The third-order valence-electron chi connectivity index (χ3n) is 2.44. The molecule has 13 heavy (non-hydrogen) atoms. The van der Waals surface area contributed by atoms with Crippen molar-refractivity contribution in [3.63, 3.8) is 0 Å². The van der Waals surface area contributed by atoms with Gasteiger partial charge in [0, 0.05) is 6.54 Å². The van der Waals surface area contributed by atoms with E-state index in [9.17, 15) is 0 Å². The van der Waals surface area contributed by atoms with Crippen molar-refractivity contribution in [1.82, 2.24) is 5.32 Å². The summed E-state index contributed by atoms with van der Waals surface area (Å²) >= 11 is 0. The van der Waals surface area contributed by atoms with Gasteiger partial charge in [0.15, 0.2) is 0 Å². The Hall–Kier alpha value is -0.760. The molecule has 0 bridgehead atoms. The average molecular weight is 181 g/mol. The zero-order chi connectivity index (χ0) is 9.68. The lowest BCUT2D eigenvalue weighted by molar-refractivity contribution is 0.221. The maximum atomic E-state index is 5.55. The third-order valence-corrected chi connectivity index (χ3v) is 2.44. The van der Waals surface area contributed by atoms with Crippen LogP contribution in [0.1, 0.15) is 13.8 Å². The molecule has 74 valence electrons. The van der Waals surface area contributed by atoms with E-state index in [1.807, 2.05) is 7.05 Å². The second kappa shape index (κ2) is 5.07. The number of hydrogen-bond acceptors (Lipinski definition) is 2. The van der Waals surface area contributed by atoms with Gasteiger partial charge in [0.1, 0.15) is 12.4 Å². The van der Waals surface area contributed by atoms with Gasteiger partial charge in [-0.3, -0.25) is 0 Å². The minimum absolute atomic E-state index is 0.592. The molecule has 2 nitrogen and oxygen atoms in total. The molecule has 2 heteroatoms. The molecule has 0 aromatic carbocycles. The Labute approximate surface area is 80.7 Å². The van der Waals surface area contributed by atoms with Crippen LogP contribution in [0.4, 0.5) is 0 Å². The van der Waals surface area contributed by atoms with Crippen LogP contribution in [-0.4, -0.2) is 20.2 Å². The number of rotatable bonds is 4. The van der Waals surface area contributed by atoms with Crippen molar-refractivity contribution in [3.8, 4) is 0 Å². The summed E-state index contributed by atoms with van der Waals surface area (Å²) in [5, 5.41) is 3.05. The van der Waals surface area contributed by atoms with E-state index in [0.717, 1.165) is 18.9 Å². The van der Waals surface area contributed by atoms with Crippen molar-refractivity contribution < 1.29 is 4.74 Å². The molecule has 1 rings (SSSR count). The van der Waals surface area contributed by atoms with E-state index in [-0.39, 0.29) is 0 Å². The average Bonchev–Trinajstić information content (AvgIpc) is 2.12. The van der Waals surface area contributed by atoms with Crippen molar-refractivity contribution in [3.05, 3.63) is 24.0 Å². The first-order valence-corrected chi connectivity index (χ1v) is 4.91. The Morgan fingerprint density at radius 2 is 2.15 bits per heavy atom. The number of nitrogens with one attached hydrogen (secondary N) is 1. The Morgan fingerprint density at radius 1 is 1.38 bits per heavy atom. The van der Waals surface area contributed by atoms with Crippen molar-refractivity contribution in [2.75, 3.05) is 20.2 Å². The summed E-state index contributed by atoms with van der Waals surface area (Å²) in [6, 6.07) is 0. The smallest absolute Gasteiger partial charge is 0.115 e. The summed E-state index contributed by atoms with van der Waals surface area (Å²) in [5.41, 5.74) is 0. The van der Waals surface area contributed by atoms with E-state index in [4.69, 9.17) is 4.74 Å². The highest BCUT2D eigenvalue weighted by Crippen LogP contribution is 2.22. The molecule has 1 N–H and O–H groups in total. The van der Waals surface area contributed by atoms with Crippen molar-refractivity contribution in [2.24, 2.45) is 11.8 Å². The summed E-state index contributed by atoms with van der Waals surface area (Å²) < 4.78 is 5.55. The van der Waals surface area contributed by atoms with Crippen LogP contribution in [0.2, 0.25) is 0 Å². The highest BCUT2D eigenvalue weighted by Gasteiger charge is 2.12. The first-order valence-electron chi connectivity index (χ1n) is 4.91. The Bertz CT molecular complexity index is 208. The van der Waals surface area contributed by atoms with Crippen LogP contribution in [0, 0.1) is 11.8 Å². The molecule has 0 saturated heterocycles. The second-order valence-corrected chi connectivity index (χ2v) is 3.60. The molecular weight excluding hydrogens is 162 g/mol. The van der Waals surface area contributed by atoms with E-state index in [0.29, 0.717) is 11.8 Å². The Balaban J connectivity index is 2.35. The van der Waals surface area contributed by atoms with E-state index in [2.05, 4.69) is 37.4 Å². The summed E-state index contributed by atoms with van der Waals surface area (Å²) in [6.45, 7) is 6.08. The fourth-order valence-corrected chi connectivity index (χ4v) is 1.26. The molecule has 1 aliphatic carbocycles. The van der Waals surface area contributed by atoms with Crippen LogP contribution in [0.5, 0.6) is 0 Å². The molecule has 0 aromatic heterocycles. The monoisotopic (exact) mass is 181 g/mol. The van der Waals surface area contributed by atoms with Crippen LogP contribution < -0.4 is 5.32 Å². The highest BCUT2D eigenvalue weighted by atomic mass is 16.5. The van der Waals surface area contributed by atoms with Crippen molar-refractivity contribution in [1.29, 1.82) is 0 Å². The number of hydrogen-bond donors (Lipinski definition) is 1. The molecule has 0 aliphatic heterocycles. The molecule has 2 atom stereocenters. The van der Waals surface area contributed by atoms with Crippen molar-refractivity contribution >= 4 is 0 Å². The molecule has 0 heterocycles. The third kappa shape index (κ3) is 3.23. The molecule has 1 aliphatic rings. The van der Waals surface area contributed by atoms with Gasteiger partial charge in [-0.05, 0) is 31.0 Å². The minimum atomic E-state index is 0.592. The largest absolute Gasteiger partial charge is 0.493 e. The number of ether oxygens (including phenoxy) is 1. The minimum Gasteiger partial charge on any atom is -0.493 e. The molecule has 0 radical (unpaired) electrons. The summed E-state index contributed by atoms with van der Waals surface area (Å²) in [7, 11) is 1.93. The zero-order valence-electron chi connectivity index (χ0n) is 8.71. The maximum Gasteiger partial charge on any atom is 0.115 e. The van der Waals surface area contributed by atoms with E-state index in [1.54, 1.807) is 0 Å². The Kier molecular flexibility index (Phi) is 4.03. The molecule has 0 amide bonds. The van der Waals surface area contributed by atoms with Gasteiger partial charge in [0.25, 0.3) is 0 Å². The predicted octanol–water partition coefficient (Wildman–Crippen LogP) is 1.95. The van der Waals surface area contributed by atoms with Crippen LogP contribution in [-0.2, 0) is 4.74 Å². The highest BCUT2D eigenvalue weighted by molar-refractivity contribution is 5.19. The summed E-state index contributed by atoms with van der Waals surface area (Å²) in [5.74, 6) is 2.24. The number of likely N-dealkylation sites (N-methyl/N-ethyl adjacent to an activating group) is 1. The van der Waals surface area contributed by atoms with Crippen LogP contribution >= 0.6 is 0 Å². The molecular formula is C11H19NO. The molecule has 0 saturated carbocycles. The van der Waals surface area contributed by atoms with Gasteiger partial charge in [0.05, 0.1) is 0 Å². The summed E-state index contributed by atoms with van der Waals surface area (Å²) in [6.07, 6.45) is 6.47. The SMILES string of the molecule is CNCCOC1=C[C@@H](C)[C@@H](C)C=C1. The first kappa shape index (κ1) is 10.3. The van der Waals surface area contributed by atoms with Crippen LogP contribution in [0.15, 0.2) is 24.0 Å². The zero-order valence-corrected chi connectivity index (χ0v) is 8.71. The lowest BCUT2D eigenvalue weighted by Gasteiger charge is -2.19. The molecule has 0 fully saturated rings. The van der Waals surface area contributed by atoms with Gasteiger partial charge in [0.2, 0.25) is 0 Å². The quantitative estimate of drug-likeness (QED) is 0.669. The summed E-state index contributed by atoms with van der Waals surface area (Å²) in [4.78, 5) is 0. The Morgan fingerprint density at radius 3 is 2.77 bits per heavy atom. The topological polar surface area (TPSA) is 21.3 Å². The van der Waals surface area contributed by atoms with E-state index >= 15 is 0 Å². The fraction of sp³-hybridized carbons (Fsp3) is 0.636. The van der Waals surface area contributed by atoms with Gasteiger partial charge < -0.3 is 10.1 Å². The normalized spacial score (nSPS) is 27.2. The predicted molar refractivity (Wildman–Crippen MR) is 55.4 cm³/mol. The van der Waals surface area contributed by atoms with Crippen molar-refractivity contribution in [2.45, 2.75) is 13.8 Å².